The molecule has 5 nitrogen and oxygen atoms in total. The monoisotopic (exact) mass is 270 g/mol. The van der Waals surface area contributed by atoms with Gasteiger partial charge in [-0.15, -0.1) is 0 Å². The molecule has 1 rings (SSSR count). The lowest BCUT2D eigenvalue weighted by molar-refractivity contribution is -0.120. The van der Waals surface area contributed by atoms with Gasteiger partial charge in [0.2, 0.25) is 15.9 Å². The van der Waals surface area contributed by atoms with Gasteiger partial charge in [0.15, 0.2) is 0 Å². The maximum atomic E-state index is 11.9. The van der Waals surface area contributed by atoms with Crippen molar-refractivity contribution >= 4 is 15.9 Å². The zero-order valence-corrected chi connectivity index (χ0v) is 11.1. The lowest BCUT2D eigenvalue weighted by Gasteiger charge is -2.15. The Morgan fingerprint density at radius 3 is 2.44 bits per heavy atom. The highest BCUT2D eigenvalue weighted by Gasteiger charge is 2.23. The molecule has 0 fully saturated rings. The quantitative estimate of drug-likeness (QED) is 0.791. The third-order valence-electron chi connectivity index (χ3n) is 2.48. The van der Waals surface area contributed by atoms with Gasteiger partial charge in [-0.05, 0) is 12.0 Å². The van der Waals surface area contributed by atoms with Crippen LogP contribution in [-0.4, -0.2) is 26.6 Å². The number of nitrogens with one attached hydrogen (secondary N) is 1. The summed E-state index contributed by atoms with van der Waals surface area (Å²) in [5, 5.41) is 0. The van der Waals surface area contributed by atoms with Crippen molar-refractivity contribution in [1.29, 1.82) is 0 Å². The molecule has 0 bridgehead atoms. The molecule has 0 aliphatic heterocycles. The van der Waals surface area contributed by atoms with Crippen LogP contribution in [0.15, 0.2) is 30.3 Å². The lowest BCUT2D eigenvalue weighted by atomic mass is 9.99. The van der Waals surface area contributed by atoms with Gasteiger partial charge in [0.1, 0.15) is 0 Å². The van der Waals surface area contributed by atoms with Crippen molar-refractivity contribution in [3.05, 3.63) is 35.9 Å². The van der Waals surface area contributed by atoms with Crippen molar-refractivity contribution < 1.29 is 13.2 Å². The number of carbonyl (C=O) groups excluding carboxylic acids is 1. The van der Waals surface area contributed by atoms with Gasteiger partial charge in [-0.1, -0.05) is 37.3 Å². The molecule has 1 atom stereocenters. The topological polar surface area (TPSA) is 89.3 Å². The maximum Gasteiger partial charge on any atom is 0.242 e. The van der Waals surface area contributed by atoms with Gasteiger partial charge in [0, 0.05) is 6.54 Å². The molecule has 3 N–H and O–H groups in total. The molecule has 100 valence electrons. The normalized spacial score (nSPS) is 13.0. The molecule has 0 radical (unpaired) electrons. The first-order valence-electron chi connectivity index (χ1n) is 5.79. The molecule has 1 amide bonds. The molecule has 1 unspecified atom stereocenters. The van der Waals surface area contributed by atoms with E-state index in [4.69, 9.17) is 5.73 Å². The minimum absolute atomic E-state index is 0.0647. The summed E-state index contributed by atoms with van der Waals surface area (Å²) >= 11 is 0. The molecule has 0 saturated carbocycles. The molecule has 0 aromatic heterocycles. The predicted molar refractivity (Wildman–Crippen MR) is 70.5 cm³/mol. The van der Waals surface area contributed by atoms with Gasteiger partial charge in [-0.2, -0.15) is 0 Å². The summed E-state index contributed by atoms with van der Waals surface area (Å²) < 4.78 is 25.1. The van der Waals surface area contributed by atoms with E-state index >= 15 is 0 Å². The summed E-state index contributed by atoms with van der Waals surface area (Å²) in [4.78, 5) is 11.9. The molecule has 1 aromatic rings. The average Bonchev–Trinajstić information content (AvgIpc) is 2.30. The lowest BCUT2D eigenvalue weighted by Crippen LogP contribution is -2.38. The van der Waals surface area contributed by atoms with E-state index in [1.807, 2.05) is 6.07 Å². The molecular weight excluding hydrogens is 252 g/mol. The van der Waals surface area contributed by atoms with E-state index < -0.39 is 21.8 Å². The van der Waals surface area contributed by atoms with E-state index in [1.54, 1.807) is 31.2 Å². The van der Waals surface area contributed by atoms with Crippen LogP contribution in [0.25, 0.3) is 0 Å². The van der Waals surface area contributed by atoms with Crippen LogP contribution in [-0.2, 0) is 14.8 Å². The number of sulfonamides is 1. The minimum Gasteiger partial charge on any atom is -0.329 e. The van der Waals surface area contributed by atoms with Crippen molar-refractivity contribution in [2.24, 2.45) is 5.73 Å². The summed E-state index contributed by atoms with van der Waals surface area (Å²) in [6.45, 7) is 1.80. The fourth-order valence-corrected chi connectivity index (χ4v) is 2.71. The Morgan fingerprint density at radius 1 is 1.33 bits per heavy atom. The van der Waals surface area contributed by atoms with Crippen LogP contribution in [0.3, 0.4) is 0 Å². The van der Waals surface area contributed by atoms with Crippen LogP contribution in [0.5, 0.6) is 0 Å². The van der Waals surface area contributed by atoms with Crippen molar-refractivity contribution in [3.8, 4) is 0 Å². The Bertz CT molecular complexity index is 485. The Labute approximate surface area is 107 Å². The zero-order valence-electron chi connectivity index (χ0n) is 10.3. The number of hydrogen-bond acceptors (Lipinski definition) is 4. The van der Waals surface area contributed by atoms with Crippen molar-refractivity contribution in [2.75, 3.05) is 12.3 Å². The summed E-state index contributed by atoms with van der Waals surface area (Å²) in [7, 11) is -3.55. The van der Waals surface area contributed by atoms with Gasteiger partial charge in [-0.3, -0.25) is 9.52 Å². The zero-order chi connectivity index (χ0) is 13.6. The Morgan fingerprint density at radius 2 is 1.94 bits per heavy atom. The highest BCUT2D eigenvalue weighted by molar-refractivity contribution is 7.90. The van der Waals surface area contributed by atoms with Crippen LogP contribution in [0.2, 0.25) is 0 Å². The van der Waals surface area contributed by atoms with Crippen molar-refractivity contribution in [3.63, 3.8) is 0 Å². The third-order valence-corrected chi connectivity index (χ3v) is 3.94. The van der Waals surface area contributed by atoms with E-state index in [1.165, 1.54) is 0 Å². The fourth-order valence-electron chi connectivity index (χ4n) is 1.62. The fraction of sp³-hybridized carbons (Fsp3) is 0.417. The standard InChI is InChI=1S/C12H18N2O3S/c1-2-8-18(16,17)14-12(15)11(9-13)10-6-4-3-5-7-10/h3-7,11H,2,8-9,13H2,1H3,(H,14,15). The molecule has 0 heterocycles. The van der Waals surface area contributed by atoms with Gasteiger partial charge < -0.3 is 5.73 Å². The Balaban J connectivity index is 2.82. The molecule has 18 heavy (non-hydrogen) atoms. The van der Waals surface area contributed by atoms with Gasteiger partial charge in [0.25, 0.3) is 0 Å². The number of amides is 1. The molecule has 6 heteroatoms. The summed E-state index contributed by atoms with van der Waals surface area (Å²) in [6, 6.07) is 8.90. The second kappa shape index (κ2) is 6.51. The average molecular weight is 270 g/mol. The first-order valence-corrected chi connectivity index (χ1v) is 7.44. The van der Waals surface area contributed by atoms with Gasteiger partial charge in [0.05, 0.1) is 11.7 Å². The second-order valence-corrected chi connectivity index (χ2v) is 5.83. The van der Waals surface area contributed by atoms with Crippen LogP contribution >= 0.6 is 0 Å². The SMILES string of the molecule is CCCS(=O)(=O)NC(=O)C(CN)c1ccccc1. The van der Waals surface area contributed by atoms with E-state index in [2.05, 4.69) is 4.72 Å². The van der Waals surface area contributed by atoms with E-state index in [0.29, 0.717) is 12.0 Å². The molecular formula is C12H18N2O3S. The molecule has 0 aliphatic rings. The molecule has 0 aliphatic carbocycles. The second-order valence-electron chi connectivity index (χ2n) is 3.98. The first kappa shape index (κ1) is 14.7. The number of carbonyl (C=O) groups is 1. The molecule has 0 saturated heterocycles. The Hall–Kier alpha value is -1.40. The van der Waals surface area contributed by atoms with E-state index in [0.717, 1.165) is 0 Å². The number of rotatable bonds is 6. The summed E-state index contributed by atoms with van der Waals surface area (Å²) in [5.74, 6) is -1.28. The van der Waals surface area contributed by atoms with Crippen molar-refractivity contribution in [1.82, 2.24) is 4.72 Å². The largest absolute Gasteiger partial charge is 0.329 e. The van der Waals surface area contributed by atoms with Crippen molar-refractivity contribution in [2.45, 2.75) is 19.3 Å². The summed E-state index contributed by atoms with van der Waals surface area (Å²) in [5.41, 5.74) is 6.26. The molecule has 1 aromatic carbocycles. The Kier molecular flexibility index (Phi) is 5.30. The third kappa shape index (κ3) is 4.12. The number of nitrogens with two attached hydrogens (primary N) is 1. The number of hydrogen-bond donors (Lipinski definition) is 2. The van der Waals surface area contributed by atoms with E-state index in [-0.39, 0.29) is 12.3 Å². The first-order chi connectivity index (χ1) is 8.50. The number of benzene rings is 1. The van der Waals surface area contributed by atoms with Gasteiger partial charge >= 0.3 is 0 Å². The van der Waals surface area contributed by atoms with Crippen LogP contribution in [0, 0.1) is 0 Å². The van der Waals surface area contributed by atoms with Crippen LogP contribution < -0.4 is 10.5 Å². The van der Waals surface area contributed by atoms with Crippen LogP contribution in [0.1, 0.15) is 24.8 Å². The minimum atomic E-state index is -3.55. The predicted octanol–water partition coefficient (Wildman–Crippen LogP) is 0.585. The highest BCUT2D eigenvalue weighted by atomic mass is 32.2. The maximum absolute atomic E-state index is 11.9. The van der Waals surface area contributed by atoms with Gasteiger partial charge in [-0.25, -0.2) is 8.42 Å². The molecule has 0 spiro atoms. The smallest absolute Gasteiger partial charge is 0.242 e. The summed E-state index contributed by atoms with van der Waals surface area (Å²) in [6.07, 6.45) is 0.460. The van der Waals surface area contributed by atoms with E-state index in [9.17, 15) is 13.2 Å². The highest BCUT2D eigenvalue weighted by Crippen LogP contribution is 2.14. The van der Waals surface area contributed by atoms with Crippen LogP contribution in [0.4, 0.5) is 0 Å².